The molecule has 110 valence electrons. The third-order valence-electron chi connectivity index (χ3n) is 2.90. The third-order valence-corrected chi connectivity index (χ3v) is 2.90. The van der Waals surface area contributed by atoms with E-state index in [9.17, 15) is 9.59 Å². The first-order valence-corrected chi connectivity index (χ1v) is 6.79. The highest BCUT2D eigenvalue weighted by Gasteiger charge is 2.39. The van der Waals surface area contributed by atoms with Gasteiger partial charge in [0.05, 0.1) is 24.2 Å². The summed E-state index contributed by atoms with van der Waals surface area (Å²) in [6.45, 7) is 11.1. The zero-order chi connectivity index (χ0) is 14.7. The van der Waals surface area contributed by atoms with Gasteiger partial charge in [-0.1, -0.05) is 0 Å². The molecule has 5 nitrogen and oxygen atoms in total. The van der Waals surface area contributed by atoms with Gasteiger partial charge in [0.1, 0.15) is 0 Å². The Bertz CT molecular complexity index is 333. The van der Waals surface area contributed by atoms with Crippen molar-refractivity contribution in [3.8, 4) is 0 Å². The number of hydrogen-bond acceptors (Lipinski definition) is 4. The van der Waals surface area contributed by atoms with Crippen molar-refractivity contribution in [3.63, 3.8) is 0 Å². The lowest BCUT2D eigenvalue weighted by atomic mass is 9.98. The Kier molecular flexibility index (Phi) is 4.96. The van der Waals surface area contributed by atoms with E-state index in [4.69, 9.17) is 9.47 Å². The normalized spacial score (nSPS) is 21.0. The van der Waals surface area contributed by atoms with Crippen molar-refractivity contribution in [2.45, 2.75) is 58.7 Å². The molecule has 5 heteroatoms. The molecule has 0 N–H and O–H groups in total. The van der Waals surface area contributed by atoms with Crippen molar-refractivity contribution in [2.75, 3.05) is 19.7 Å². The van der Waals surface area contributed by atoms with Crippen LogP contribution in [0.2, 0.25) is 0 Å². The molecular formula is C14H25NO4. The minimum absolute atomic E-state index is 0.0162. The van der Waals surface area contributed by atoms with Crippen molar-refractivity contribution >= 4 is 11.9 Å². The molecular weight excluding hydrogens is 246 g/mol. The lowest BCUT2D eigenvalue weighted by Crippen LogP contribution is -2.58. The number of carbonyl (C=O) groups is 2. The summed E-state index contributed by atoms with van der Waals surface area (Å²) >= 11 is 0. The molecule has 1 saturated heterocycles. The molecule has 0 atom stereocenters. The molecule has 0 aromatic rings. The van der Waals surface area contributed by atoms with Gasteiger partial charge in [-0.3, -0.25) is 9.59 Å². The number of amides is 1. The largest absolute Gasteiger partial charge is 0.466 e. The molecule has 19 heavy (non-hydrogen) atoms. The van der Waals surface area contributed by atoms with Crippen molar-refractivity contribution in [2.24, 2.45) is 0 Å². The summed E-state index contributed by atoms with van der Waals surface area (Å²) in [4.78, 5) is 25.2. The first-order chi connectivity index (χ1) is 8.65. The van der Waals surface area contributed by atoms with Gasteiger partial charge >= 0.3 is 5.97 Å². The maximum atomic E-state index is 12.1. The van der Waals surface area contributed by atoms with Crippen LogP contribution < -0.4 is 0 Å². The Balaban J connectivity index is 2.54. The monoisotopic (exact) mass is 271 g/mol. The molecule has 1 fully saturated rings. The number of esters is 1. The molecule has 1 aliphatic heterocycles. The highest BCUT2D eigenvalue weighted by molar-refractivity contribution is 5.81. The molecule has 0 radical (unpaired) electrons. The molecule has 1 amide bonds. The van der Waals surface area contributed by atoms with E-state index >= 15 is 0 Å². The first-order valence-electron chi connectivity index (χ1n) is 6.79. The number of carbonyl (C=O) groups excluding carboxylic acids is 2. The van der Waals surface area contributed by atoms with Crippen molar-refractivity contribution in [1.82, 2.24) is 4.90 Å². The quantitative estimate of drug-likeness (QED) is 0.731. The van der Waals surface area contributed by atoms with E-state index in [2.05, 4.69) is 0 Å². The maximum absolute atomic E-state index is 12.1. The molecule has 0 aromatic heterocycles. The molecule has 0 bridgehead atoms. The van der Waals surface area contributed by atoms with Gasteiger partial charge in [0, 0.05) is 19.5 Å². The summed E-state index contributed by atoms with van der Waals surface area (Å²) in [5, 5.41) is 0. The second-order valence-electron chi connectivity index (χ2n) is 6.18. The molecule has 1 rings (SSSR count). The van der Waals surface area contributed by atoms with Crippen molar-refractivity contribution in [3.05, 3.63) is 0 Å². The van der Waals surface area contributed by atoms with Crippen LogP contribution in [0.1, 0.15) is 47.5 Å². The average Bonchev–Trinajstić information content (AvgIpc) is 2.22. The summed E-state index contributed by atoms with van der Waals surface area (Å²) in [7, 11) is 0. The van der Waals surface area contributed by atoms with Gasteiger partial charge in [-0.15, -0.1) is 0 Å². The van der Waals surface area contributed by atoms with Gasteiger partial charge in [-0.25, -0.2) is 0 Å². The molecule has 1 aliphatic rings. The topological polar surface area (TPSA) is 55.8 Å². The SMILES string of the molecule is CCOC(=O)CCC(=O)N1CC(C)(C)OC(C)(C)C1. The van der Waals surface area contributed by atoms with E-state index in [1.807, 2.05) is 27.7 Å². The van der Waals surface area contributed by atoms with E-state index in [1.54, 1.807) is 11.8 Å². The zero-order valence-corrected chi connectivity index (χ0v) is 12.6. The second-order valence-corrected chi connectivity index (χ2v) is 6.18. The van der Waals surface area contributed by atoms with E-state index in [0.29, 0.717) is 19.7 Å². The smallest absolute Gasteiger partial charge is 0.306 e. The van der Waals surface area contributed by atoms with Crippen LogP contribution in [0.4, 0.5) is 0 Å². The van der Waals surface area contributed by atoms with Crippen LogP contribution in [0.15, 0.2) is 0 Å². The Labute approximate surface area is 115 Å². The van der Waals surface area contributed by atoms with E-state index in [-0.39, 0.29) is 35.9 Å². The molecule has 0 aliphatic carbocycles. The Morgan fingerprint density at radius 2 is 1.63 bits per heavy atom. The predicted molar refractivity (Wildman–Crippen MR) is 71.7 cm³/mol. The molecule has 1 heterocycles. The minimum Gasteiger partial charge on any atom is -0.466 e. The minimum atomic E-state index is -0.360. The first kappa shape index (κ1) is 16.0. The van der Waals surface area contributed by atoms with Gasteiger partial charge in [0.25, 0.3) is 0 Å². The fraction of sp³-hybridized carbons (Fsp3) is 0.857. The second kappa shape index (κ2) is 5.90. The van der Waals surface area contributed by atoms with Crippen LogP contribution in [0.5, 0.6) is 0 Å². The fourth-order valence-corrected chi connectivity index (χ4v) is 2.56. The summed E-state index contributed by atoms with van der Waals surface area (Å²) in [6.07, 6.45) is 0.343. The van der Waals surface area contributed by atoms with Crippen LogP contribution in [0.25, 0.3) is 0 Å². The van der Waals surface area contributed by atoms with E-state index < -0.39 is 0 Å². The average molecular weight is 271 g/mol. The van der Waals surface area contributed by atoms with Gasteiger partial charge in [0.15, 0.2) is 0 Å². The third kappa shape index (κ3) is 5.19. The maximum Gasteiger partial charge on any atom is 0.306 e. The fourth-order valence-electron chi connectivity index (χ4n) is 2.56. The van der Waals surface area contributed by atoms with Crippen molar-refractivity contribution in [1.29, 1.82) is 0 Å². The van der Waals surface area contributed by atoms with Crippen LogP contribution >= 0.6 is 0 Å². The number of hydrogen-bond donors (Lipinski definition) is 0. The van der Waals surface area contributed by atoms with Gasteiger partial charge in [-0.2, -0.15) is 0 Å². The summed E-state index contributed by atoms with van der Waals surface area (Å²) in [6, 6.07) is 0. The highest BCUT2D eigenvalue weighted by Crippen LogP contribution is 2.28. The van der Waals surface area contributed by atoms with Gasteiger partial charge < -0.3 is 14.4 Å². The highest BCUT2D eigenvalue weighted by atomic mass is 16.5. The molecule has 0 aromatic carbocycles. The lowest BCUT2D eigenvalue weighted by Gasteiger charge is -2.47. The number of morpholine rings is 1. The summed E-state index contributed by atoms with van der Waals surface area (Å²) in [5.41, 5.74) is -0.720. The van der Waals surface area contributed by atoms with Crippen LogP contribution in [-0.4, -0.2) is 47.7 Å². The van der Waals surface area contributed by atoms with Gasteiger partial charge in [0.2, 0.25) is 5.91 Å². The van der Waals surface area contributed by atoms with Crippen LogP contribution in [0.3, 0.4) is 0 Å². The number of rotatable bonds is 4. The van der Waals surface area contributed by atoms with E-state index in [0.717, 1.165) is 0 Å². The Morgan fingerprint density at radius 3 is 2.11 bits per heavy atom. The molecule has 0 unspecified atom stereocenters. The van der Waals surface area contributed by atoms with Crippen LogP contribution in [-0.2, 0) is 19.1 Å². The molecule has 0 saturated carbocycles. The molecule has 0 spiro atoms. The predicted octanol–water partition coefficient (Wildman–Crippen LogP) is 1.75. The number of nitrogens with zero attached hydrogens (tertiary/aromatic N) is 1. The van der Waals surface area contributed by atoms with E-state index in [1.165, 1.54) is 0 Å². The standard InChI is InChI=1S/C14H25NO4/c1-6-18-12(17)8-7-11(16)15-9-13(2,3)19-14(4,5)10-15/h6-10H2,1-5H3. The Morgan fingerprint density at radius 1 is 1.11 bits per heavy atom. The van der Waals surface area contributed by atoms with Crippen LogP contribution in [0, 0.1) is 0 Å². The Hall–Kier alpha value is -1.10. The van der Waals surface area contributed by atoms with Crippen molar-refractivity contribution < 1.29 is 19.1 Å². The zero-order valence-electron chi connectivity index (χ0n) is 12.6. The summed E-state index contributed by atoms with van der Waals surface area (Å²) < 4.78 is 10.7. The lowest BCUT2D eigenvalue weighted by molar-refractivity contribution is -0.188. The van der Waals surface area contributed by atoms with Gasteiger partial charge in [-0.05, 0) is 34.6 Å². The summed E-state index contributed by atoms with van der Waals surface area (Å²) in [5.74, 6) is -0.333. The number of ether oxygens (including phenoxy) is 2.